The molecule has 0 atom stereocenters. The van der Waals surface area contributed by atoms with Crippen LogP contribution in [0.4, 0.5) is 0 Å². The minimum atomic E-state index is 0.658. The third-order valence-electron chi connectivity index (χ3n) is 9.34. The molecule has 6 aromatic carbocycles. The zero-order valence-corrected chi connectivity index (χ0v) is 24.8. The van der Waals surface area contributed by atoms with Crippen molar-refractivity contribution in [3.63, 3.8) is 0 Å². The number of benzene rings is 6. The Morgan fingerprint density at radius 1 is 0.543 bits per heavy atom. The largest absolute Gasteiger partial charge is 0.455 e. The number of allylic oxidation sites excluding steroid dienone is 1. The highest BCUT2D eigenvalue weighted by molar-refractivity contribution is 6.19. The molecule has 1 aliphatic carbocycles. The molecule has 0 saturated heterocycles. The van der Waals surface area contributed by atoms with Crippen LogP contribution in [0.5, 0.6) is 0 Å². The molecule has 0 unspecified atom stereocenters. The van der Waals surface area contributed by atoms with Crippen molar-refractivity contribution in [3.05, 3.63) is 139 Å². The van der Waals surface area contributed by atoms with Crippen molar-refractivity contribution in [3.8, 4) is 33.8 Å². The third kappa shape index (κ3) is 3.80. The molecule has 0 saturated carbocycles. The van der Waals surface area contributed by atoms with Crippen LogP contribution in [0.1, 0.15) is 17.7 Å². The first-order valence-corrected chi connectivity index (χ1v) is 15.7. The van der Waals surface area contributed by atoms with Gasteiger partial charge in [0.1, 0.15) is 28.1 Å². The van der Waals surface area contributed by atoms with Crippen molar-refractivity contribution >= 4 is 60.7 Å². The Hall–Kier alpha value is -6.00. The molecule has 3 heterocycles. The Kier molecular flexibility index (Phi) is 5.37. The van der Waals surface area contributed by atoms with Crippen LogP contribution >= 0.6 is 0 Å². The topological polar surface area (TPSA) is 52.1 Å². The van der Waals surface area contributed by atoms with Gasteiger partial charge in [0.05, 0.1) is 0 Å². The zero-order valence-electron chi connectivity index (χ0n) is 24.8. The predicted molar refractivity (Wildman–Crippen MR) is 188 cm³/mol. The molecule has 4 heteroatoms. The molecule has 0 fully saturated rings. The Balaban J connectivity index is 1.20. The molecule has 0 spiro atoms. The van der Waals surface area contributed by atoms with Gasteiger partial charge in [0.25, 0.3) is 0 Å². The number of furan rings is 2. The van der Waals surface area contributed by atoms with Gasteiger partial charge in [-0.05, 0) is 70.5 Å². The first kappa shape index (κ1) is 25.3. The van der Waals surface area contributed by atoms with E-state index in [1.165, 1.54) is 21.9 Å². The van der Waals surface area contributed by atoms with E-state index < -0.39 is 0 Å². The van der Waals surface area contributed by atoms with Gasteiger partial charge >= 0.3 is 0 Å². The van der Waals surface area contributed by atoms with Gasteiger partial charge in [-0.3, -0.25) is 0 Å². The van der Waals surface area contributed by atoms with E-state index in [0.717, 1.165) is 84.8 Å². The number of hydrogen-bond donors (Lipinski definition) is 0. The van der Waals surface area contributed by atoms with Gasteiger partial charge in [-0.25, -0.2) is 9.97 Å². The van der Waals surface area contributed by atoms with Crippen molar-refractivity contribution < 1.29 is 8.83 Å². The van der Waals surface area contributed by atoms with Gasteiger partial charge in [0.2, 0.25) is 0 Å². The Morgan fingerprint density at radius 3 is 2.26 bits per heavy atom. The monoisotopic (exact) mass is 590 g/mol. The first-order chi connectivity index (χ1) is 22.8. The second kappa shape index (κ2) is 9.75. The standard InChI is InChI=1S/C42H26N2O2/c1-2-11-26(12-3-1)34-24-35-31-21-20-29(23-37(31)46-40(35)32-15-7-6-14-30(32)34)42-43-38(28-19-18-25-10-4-5-13-27(25)22-28)41-39(44-42)33-16-8-9-17-36(33)45-41/h1-7,9-15,17-24H,8,16H2. The number of fused-ring (bicyclic) bond motifs is 9. The summed E-state index contributed by atoms with van der Waals surface area (Å²) in [6, 6.07) is 42.5. The molecule has 10 rings (SSSR count). The fourth-order valence-electron chi connectivity index (χ4n) is 7.09. The van der Waals surface area contributed by atoms with Gasteiger partial charge in [-0.1, -0.05) is 103 Å². The molecule has 9 aromatic rings. The molecule has 46 heavy (non-hydrogen) atoms. The molecule has 216 valence electrons. The first-order valence-electron chi connectivity index (χ1n) is 15.7. The summed E-state index contributed by atoms with van der Waals surface area (Å²) in [7, 11) is 0. The van der Waals surface area contributed by atoms with E-state index in [-0.39, 0.29) is 0 Å². The summed E-state index contributed by atoms with van der Waals surface area (Å²) in [5.41, 5.74) is 9.58. The molecule has 0 bridgehead atoms. The smallest absolute Gasteiger partial charge is 0.179 e. The van der Waals surface area contributed by atoms with E-state index >= 15 is 0 Å². The number of rotatable bonds is 3. The molecular formula is C42H26N2O2. The van der Waals surface area contributed by atoms with Crippen LogP contribution in [-0.4, -0.2) is 9.97 Å². The van der Waals surface area contributed by atoms with Crippen LogP contribution in [-0.2, 0) is 6.42 Å². The highest BCUT2D eigenvalue weighted by Crippen LogP contribution is 2.42. The van der Waals surface area contributed by atoms with Crippen LogP contribution < -0.4 is 0 Å². The maximum absolute atomic E-state index is 6.66. The summed E-state index contributed by atoms with van der Waals surface area (Å²) in [6.45, 7) is 0. The molecular weight excluding hydrogens is 564 g/mol. The lowest BCUT2D eigenvalue weighted by atomic mass is 9.95. The molecule has 0 radical (unpaired) electrons. The van der Waals surface area contributed by atoms with E-state index in [1.807, 2.05) is 0 Å². The normalized spacial score (nSPS) is 13.0. The fourth-order valence-corrected chi connectivity index (χ4v) is 7.09. The summed E-state index contributed by atoms with van der Waals surface area (Å²) in [4.78, 5) is 10.3. The second-order valence-corrected chi connectivity index (χ2v) is 12.0. The lowest BCUT2D eigenvalue weighted by Gasteiger charge is -2.08. The minimum absolute atomic E-state index is 0.658. The van der Waals surface area contributed by atoms with E-state index in [2.05, 4.69) is 133 Å². The Morgan fingerprint density at radius 2 is 1.35 bits per heavy atom. The number of hydrogen-bond acceptors (Lipinski definition) is 4. The molecule has 0 aliphatic heterocycles. The average molecular weight is 591 g/mol. The SMILES string of the molecule is C1=Cc2oc3c(-c4ccc5ccccc5c4)nc(-c4ccc5c(c4)oc4c6ccccc6c(-c6ccccc6)cc54)nc3c2CC1. The van der Waals surface area contributed by atoms with Crippen LogP contribution in [0.3, 0.4) is 0 Å². The van der Waals surface area contributed by atoms with Gasteiger partial charge in [-0.2, -0.15) is 0 Å². The lowest BCUT2D eigenvalue weighted by molar-refractivity contribution is 0.595. The molecule has 1 aliphatic rings. The zero-order chi connectivity index (χ0) is 30.2. The van der Waals surface area contributed by atoms with Crippen molar-refractivity contribution in [2.75, 3.05) is 0 Å². The fraction of sp³-hybridized carbons (Fsp3) is 0.0476. The lowest BCUT2D eigenvalue weighted by Crippen LogP contribution is -1.96. The van der Waals surface area contributed by atoms with Crippen molar-refractivity contribution in [1.82, 2.24) is 9.97 Å². The maximum atomic E-state index is 6.66. The summed E-state index contributed by atoms with van der Waals surface area (Å²) in [5, 5.41) is 6.80. The van der Waals surface area contributed by atoms with Gasteiger partial charge in [0.15, 0.2) is 11.4 Å². The summed E-state index contributed by atoms with van der Waals surface area (Å²) in [5.74, 6) is 1.54. The van der Waals surface area contributed by atoms with E-state index in [4.69, 9.17) is 18.8 Å². The van der Waals surface area contributed by atoms with Crippen LogP contribution in [0.2, 0.25) is 0 Å². The van der Waals surface area contributed by atoms with Crippen molar-refractivity contribution in [2.24, 2.45) is 0 Å². The third-order valence-corrected chi connectivity index (χ3v) is 9.34. The summed E-state index contributed by atoms with van der Waals surface area (Å²) < 4.78 is 13.1. The van der Waals surface area contributed by atoms with E-state index in [9.17, 15) is 0 Å². The van der Waals surface area contributed by atoms with Crippen LogP contribution in [0.25, 0.3) is 94.4 Å². The molecule has 3 aromatic heterocycles. The minimum Gasteiger partial charge on any atom is -0.455 e. The molecule has 0 N–H and O–H groups in total. The molecule has 4 nitrogen and oxygen atoms in total. The number of aryl methyl sites for hydroxylation is 1. The average Bonchev–Trinajstić information content (AvgIpc) is 3.69. The number of aromatic nitrogens is 2. The maximum Gasteiger partial charge on any atom is 0.179 e. The van der Waals surface area contributed by atoms with Crippen LogP contribution in [0.15, 0.2) is 136 Å². The van der Waals surface area contributed by atoms with Gasteiger partial charge < -0.3 is 8.83 Å². The number of nitrogens with zero attached hydrogens (tertiary/aromatic N) is 2. The second-order valence-electron chi connectivity index (χ2n) is 12.0. The van der Waals surface area contributed by atoms with Crippen molar-refractivity contribution in [2.45, 2.75) is 12.8 Å². The summed E-state index contributed by atoms with van der Waals surface area (Å²) in [6.07, 6.45) is 6.10. The van der Waals surface area contributed by atoms with Gasteiger partial charge in [0, 0.05) is 32.8 Å². The highest BCUT2D eigenvalue weighted by Gasteiger charge is 2.23. The Labute approximate surface area is 264 Å². The summed E-state index contributed by atoms with van der Waals surface area (Å²) >= 11 is 0. The molecule has 0 amide bonds. The van der Waals surface area contributed by atoms with E-state index in [1.54, 1.807) is 0 Å². The van der Waals surface area contributed by atoms with Crippen LogP contribution in [0, 0.1) is 0 Å². The Bertz CT molecular complexity index is 2700. The predicted octanol–water partition coefficient (Wildman–Crippen LogP) is 11.4. The van der Waals surface area contributed by atoms with Gasteiger partial charge in [-0.15, -0.1) is 0 Å². The quantitative estimate of drug-likeness (QED) is 0.205. The van der Waals surface area contributed by atoms with E-state index in [0.29, 0.717) is 5.82 Å². The highest BCUT2D eigenvalue weighted by atomic mass is 16.3. The van der Waals surface area contributed by atoms with Crippen molar-refractivity contribution in [1.29, 1.82) is 0 Å².